The van der Waals surface area contributed by atoms with Crippen LogP contribution in [-0.4, -0.2) is 54.5 Å². The first-order valence-electron chi connectivity index (χ1n) is 11.8. The highest BCUT2D eigenvalue weighted by molar-refractivity contribution is 6.04. The molecular formula is C27H25F3N4O3. The number of carbonyl (C=O) groups is 1. The van der Waals surface area contributed by atoms with Gasteiger partial charge in [0.05, 0.1) is 18.2 Å². The molecule has 2 aliphatic heterocycles. The van der Waals surface area contributed by atoms with Gasteiger partial charge in [-0.1, -0.05) is 18.2 Å². The number of nitrogens with zero attached hydrogens (tertiary/aromatic N) is 3. The van der Waals surface area contributed by atoms with Crippen LogP contribution in [0.3, 0.4) is 0 Å². The summed E-state index contributed by atoms with van der Waals surface area (Å²) in [5.74, 6) is 2.61. The van der Waals surface area contributed by atoms with Gasteiger partial charge in [0.15, 0.2) is 5.75 Å². The van der Waals surface area contributed by atoms with E-state index in [1.165, 1.54) is 12.1 Å². The van der Waals surface area contributed by atoms with Gasteiger partial charge in [-0.05, 0) is 49.4 Å². The molecule has 0 saturated carbocycles. The Balaban J connectivity index is 1.37. The summed E-state index contributed by atoms with van der Waals surface area (Å²) in [6.45, 7) is 3.21. The highest BCUT2D eigenvalue weighted by Crippen LogP contribution is 2.39. The summed E-state index contributed by atoms with van der Waals surface area (Å²) in [6, 6.07) is 17.0. The molecule has 2 amide bonds. The topological polar surface area (TPSA) is 66.4 Å². The van der Waals surface area contributed by atoms with Crippen molar-refractivity contribution < 1.29 is 27.4 Å². The van der Waals surface area contributed by atoms with Crippen molar-refractivity contribution in [2.75, 3.05) is 32.1 Å². The van der Waals surface area contributed by atoms with Gasteiger partial charge in [-0.15, -0.1) is 0 Å². The summed E-state index contributed by atoms with van der Waals surface area (Å²) in [5, 5.41) is 2.60. The zero-order valence-corrected chi connectivity index (χ0v) is 20.2. The number of carbonyl (C=O) groups excluding carboxylic acids is 1. The van der Waals surface area contributed by atoms with E-state index in [1.54, 1.807) is 12.0 Å². The molecule has 2 heterocycles. The van der Waals surface area contributed by atoms with Crippen molar-refractivity contribution in [3.05, 3.63) is 77.9 Å². The number of nitrogens with one attached hydrogen (secondary N) is 1. The largest absolute Gasteiger partial charge is 0.497 e. The van der Waals surface area contributed by atoms with Crippen LogP contribution >= 0.6 is 0 Å². The van der Waals surface area contributed by atoms with Crippen LogP contribution in [0.2, 0.25) is 0 Å². The van der Waals surface area contributed by atoms with E-state index in [1.807, 2.05) is 49.4 Å². The quantitative estimate of drug-likeness (QED) is 0.450. The predicted molar refractivity (Wildman–Crippen MR) is 134 cm³/mol. The molecule has 192 valence electrons. The number of piperazine rings is 1. The average Bonchev–Trinajstić information content (AvgIpc) is 3.04. The third-order valence-electron chi connectivity index (χ3n) is 6.37. The van der Waals surface area contributed by atoms with Crippen molar-refractivity contribution in [3.63, 3.8) is 0 Å². The number of amidine groups is 1. The molecule has 37 heavy (non-hydrogen) atoms. The van der Waals surface area contributed by atoms with Gasteiger partial charge in [0.2, 0.25) is 0 Å². The molecule has 0 bridgehead atoms. The first kappa shape index (κ1) is 24.5. The Bertz CT molecular complexity index is 1360. The molecule has 0 unspecified atom stereocenters. The second kappa shape index (κ2) is 9.68. The molecule has 0 aromatic heterocycles. The number of aliphatic imine (C=N–C) groups is 1. The standard InChI is InChI=1S/C27H25F3N4O3/c1-17-16-33(12-13-34(17)26(35)31-19-7-5-6-18(14-19)27(28,29)30)25-21-11-10-20(36-2)15-24(21)37-23-9-4-3-8-22(23)32-25/h3-11,14-15,17H,12-13,16H2,1-2H3,(H,31,35)/t17-/m0/s1. The second-order valence-corrected chi connectivity index (χ2v) is 8.86. The van der Waals surface area contributed by atoms with E-state index in [2.05, 4.69) is 10.2 Å². The van der Waals surface area contributed by atoms with Crippen molar-refractivity contribution >= 4 is 23.2 Å². The van der Waals surface area contributed by atoms with E-state index in [9.17, 15) is 18.0 Å². The number of halogens is 3. The lowest BCUT2D eigenvalue weighted by atomic mass is 10.1. The number of benzene rings is 3. The Morgan fingerprint density at radius 1 is 1.05 bits per heavy atom. The fourth-order valence-electron chi connectivity index (χ4n) is 4.49. The lowest BCUT2D eigenvalue weighted by molar-refractivity contribution is -0.137. The van der Waals surface area contributed by atoms with Crippen LogP contribution < -0.4 is 14.8 Å². The summed E-state index contributed by atoms with van der Waals surface area (Å²) in [5.41, 5.74) is 0.766. The number of rotatable bonds is 2. The fraction of sp³-hybridized carbons (Fsp3) is 0.259. The Hall–Kier alpha value is -4.21. The Morgan fingerprint density at radius 3 is 2.62 bits per heavy atom. The van der Waals surface area contributed by atoms with Crippen molar-refractivity contribution in [1.82, 2.24) is 9.80 Å². The number of fused-ring (bicyclic) bond motifs is 2. The summed E-state index contributed by atoms with van der Waals surface area (Å²) in [6.07, 6.45) is -4.48. The predicted octanol–water partition coefficient (Wildman–Crippen LogP) is 6.14. The van der Waals surface area contributed by atoms with Gasteiger partial charge in [0.25, 0.3) is 0 Å². The molecule has 1 atom stereocenters. The summed E-state index contributed by atoms with van der Waals surface area (Å²) in [7, 11) is 1.59. The normalized spacial score (nSPS) is 17.1. The summed E-state index contributed by atoms with van der Waals surface area (Å²) in [4.78, 5) is 21.6. The van der Waals surface area contributed by atoms with E-state index in [4.69, 9.17) is 14.5 Å². The number of ether oxygens (including phenoxy) is 2. The molecule has 1 N–H and O–H groups in total. The molecule has 3 aromatic rings. The third-order valence-corrected chi connectivity index (χ3v) is 6.37. The van der Waals surface area contributed by atoms with Crippen LogP contribution in [0.1, 0.15) is 18.1 Å². The Kier molecular flexibility index (Phi) is 6.41. The highest BCUT2D eigenvalue weighted by atomic mass is 19.4. The first-order chi connectivity index (χ1) is 17.7. The first-order valence-corrected chi connectivity index (χ1v) is 11.8. The number of hydrogen-bond donors (Lipinski definition) is 1. The van der Waals surface area contributed by atoms with Crippen molar-refractivity contribution in [3.8, 4) is 17.2 Å². The maximum Gasteiger partial charge on any atom is 0.416 e. The molecule has 0 radical (unpaired) electrons. The molecule has 1 saturated heterocycles. The summed E-state index contributed by atoms with van der Waals surface area (Å²) >= 11 is 0. The fourth-order valence-corrected chi connectivity index (χ4v) is 4.49. The maximum absolute atomic E-state index is 13.1. The van der Waals surface area contributed by atoms with Crippen molar-refractivity contribution in [2.45, 2.75) is 19.1 Å². The molecule has 0 aliphatic carbocycles. The van der Waals surface area contributed by atoms with E-state index >= 15 is 0 Å². The van der Waals surface area contributed by atoms with Gasteiger partial charge in [-0.2, -0.15) is 13.2 Å². The minimum Gasteiger partial charge on any atom is -0.497 e. The molecule has 2 aliphatic rings. The maximum atomic E-state index is 13.1. The van der Waals surface area contributed by atoms with E-state index in [0.717, 1.165) is 17.7 Å². The summed E-state index contributed by atoms with van der Waals surface area (Å²) < 4.78 is 50.7. The number of methoxy groups -OCH3 is 1. The Labute approximate surface area is 212 Å². The van der Waals surface area contributed by atoms with Crippen molar-refractivity contribution in [1.29, 1.82) is 0 Å². The number of anilines is 1. The van der Waals surface area contributed by atoms with Crippen LogP contribution in [0.25, 0.3) is 0 Å². The zero-order valence-electron chi connectivity index (χ0n) is 20.2. The lowest BCUT2D eigenvalue weighted by Gasteiger charge is -2.41. The van der Waals surface area contributed by atoms with Gasteiger partial charge < -0.3 is 24.6 Å². The monoisotopic (exact) mass is 510 g/mol. The molecule has 1 fully saturated rings. The highest BCUT2D eigenvalue weighted by Gasteiger charge is 2.33. The minimum atomic E-state index is -4.48. The number of alkyl halides is 3. The number of amides is 2. The minimum absolute atomic E-state index is 0.0965. The Morgan fingerprint density at radius 2 is 1.86 bits per heavy atom. The number of hydrogen-bond acceptors (Lipinski definition) is 5. The van der Waals surface area contributed by atoms with Crippen LogP contribution in [0.15, 0.2) is 71.7 Å². The van der Waals surface area contributed by atoms with Crippen LogP contribution in [0.4, 0.5) is 29.3 Å². The molecule has 5 rings (SSSR count). The zero-order chi connectivity index (χ0) is 26.2. The third kappa shape index (κ3) is 5.04. The molecule has 0 spiro atoms. The van der Waals surface area contributed by atoms with Gasteiger partial charge in [0.1, 0.15) is 23.0 Å². The average molecular weight is 511 g/mol. The van der Waals surface area contributed by atoms with Crippen molar-refractivity contribution in [2.24, 2.45) is 4.99 Å². The van der Waals surface area contributed by atoms with E-state index < -0.39 is 17.8 Å². The van der Waals surface area contributed by atoms with Gasteiger partial charge >= 0.3 is 12.2 Å². The van der Waals surface area contributed by atoms with E-state index in [-0.39, 0.29) is 11.7 Å². The lowest BCUT2D eigenvalue weighted by Crippen LogP contribution is -2.56. The molecule has 7 nitrogen and oxygen atoms in total. The smallest absolute Gasteiger partial charge is 0.416 e. The number of para-hydroxylation sites is 2. The number of urea groups is 1. The second-order valence-electron chi connectivity index (χ2n) is 8.86. The van der Waals surface area contributed by atoms with Gasteiger partial charge in [0, 0.05) is 37.4 Å². The molecule has 3 aromatic carbocycles. The van der Waals surface area contributed by atoms with Crippen LogP contribution in [-0.2, 0) is 6.18 Å². The molecular weight excluding hydrogens is 485 g/mol. The van der Waals surface area contributed by atoms with E-state index in [0.29, 0.717) is 48.4 Å². The SMILES string of the molecule is COc1ccc2c(c1)Oc1ccccc1N=C2N1CCN(C(=O)Nc2cccc(C(F)(F)F)c2)[C@@H](C)C1. The van der Waals surface area contributed by atoms with Gasteiger partial charge in [-0.25, -0.2) is 9.79 Å². The van der Waals surface area contributed by atoms with Crippen LogP contribution in [0.5, 0.6) is 17.2 Å². The molecule has 10 heteroatoms. The van der Waals surface area contributed by atoms with Gasteiger partial charge in [-0.3, -0.25) is 0 Å². The van der Waals surface area contributed by atoms with Crippen LogP contribution in [0, 0.1) is 0 Å².